The molecule has 0 nitrogen and oxygen atoms in total. The van der Waals surface area contributed by atoms with E-state index >= 15 is 0 Å². The zero-order valence-corrected chi connectivity index (χ0v) is 4.92. The summed E-state index contributed by atoms with van der Waals surface area (Å²) in [7, 11) is 0. The van der Waals surface area contributed by atoms with Crippen LogP contribution in [0.4, 0.5) is 0 Å². The van der Waals surface area contributed by atoms with Crippen LogP contribution in [0.15, 0.2) is 0 Å². The fourth-order valence-corrected chi connectivity index (χ4v) is 0.250. The van der Waals surface area contributed by atoms with Gasteiger partial charge in [-0.25, -0.2) is 0 Å². The van der Waals surface area contributed by atoms with Gasteiger partial charge in [-0.3, -0.25) is 0 Å². The van der Waals surface area contributed by atoms with Crippen LogP contribution in [0.25, 0.3) is 0 Å². The average molecular weight is 157 g/mol. The molecule has 1 rings (SSSR count). The van der Waals surface area contributed by atoms with E-state index < -0.39 is 0 Å². The standard InChI is InChI=1S/C4H8.Ru/c1-2-4-3-1;/h1-4H2;. The van der Waals surface area contributed by atoms with Gasteiger partial charge in [-0.2, -0.15) is 0 Å². The summed E-state index contributed by atoms with van der Waals surface area (Å²) in [5.74, 6) is 0. The van der Waals surface area contributed by atoms with Gasteiger partial charge in [0.1, 0.15) is 0 Å². The predicted molar refractivity (Wildman–Crippen MR) is 18.5 cm³/mol. The number of rotatable bonds is 0. The van der Waals surface area contributed by atoms with E-state index in [-0.39, 0.29) is 19.5 Å². The molecule has 0 aromatic carbocycles. The Balaban J connectivity index is 0.000000160. The van der Waals surface area contributed by atoms with Gasteiger partial charge >= 0.3 is 0 Å². The summed E-state index contributed by atoms with van der Waals surface area (Å²) >= 11 is 0. The molecule has 0 N–H and O–H groups in total. The van der Waals surface area contributed by atoms with E-state index in [9.17, 15) is 0 Å². The summed E-state index contributed by atoms with van der Waals surface area (Å²) < 4.78 is 0. The van der Waals surface area contributed by atoms with E-state index in [1.807, 2.05) is 0 Å². The van der Waals surface area contributed by atoms with Gasteiger partial charge in [-0.05, 0) is 0 Å². The molecular formula is C4H8Ru. The van der Waals surface area contributed by atoms with E-state index in [1.165, 1.54) is 25.7 Å². The van der Waals surface area contributed by atoms with Crippen molar-refractivity contribution in [1.29, 1.82) is 0 Å². The summed E-state index contributed by atoms with van der Waals surface area (Å²) in [5.41, 5.74) is 0. The SMILES string of the molecule is C1CCC1.[Ru]. The number of hydrogen-bond donors (Lipinski definition) is 0. The minimum Gasteiger partial charge on any atom is -0.0533 e. The van der Waals surface area contributed by atoms with Crippen LogP contribution >= 0.6 is 0 Å². The van der Waals surface area contributed by atoms with Crippen LogP contribution in [0.1, 0.15) is 25.7 Å². The van der Waals surface area contributed by atoms with Crippen molar-refractivity contribution in [2.24, 2.45) is 0 Å². The molecule has 0 aliphatic heterocycles. The van der Waals surface area contributed by atoms with Crippen molar-refractivity contribution >= 4 is 0 Å². The molecule has 0 amide bonds. The van der Waals surface area contributed by atoms with Crippen molar-refractivity contribution in [3.63, 3.8) is 0 Å². The maximum absolute atomic E-state index is 1.50. The molecule has 0 unspecified atom stereocenters. The van der Waals surface area contributed by atoms with E-state index in [1.54, 1.807) is 0 Å². The van der Waals surface area contributed by atoms with E-state index in [0.717, 1.165) is 0 Å². The summed E-state index contributed by atoms with van der Waals surface area (Å²) in [6.45, 7) is 0. The third-order valence-corrected chi connectivity index (χ3v) is 1.000. The van der Waals surface area contributed by atoms with Crippen molar-refractivity contribution in [1.82, 2.24) is 0 Å². The van der Waals surface area contributed by atoms with Crippen molar-refractivity contribution in [2.75, 3.05) is 0 Å². The van der Waals surface area contributed by atoms with Gasteiger partial charge in [0.25, 0.3) is 0 Å². The monoisotopic (exact) mass is 158 g/mol. The topological polar surface area (TPSA) is 0 Å². The van der Waals surface area contributed by atoms with Crippen LogP contribution in [-0.4, -0.2) is 0 Å². The average Bonchev–Trinajstić information content (AvgIpc) is 0.722. The van der Waals surface area contributed by atoms with E-state index in [0.29, 0.717) is 0 Å². The third-order valence-electron chi connectivity index (χ3n) is 1.000. The largest absolute Gasteiger partial charge is 0.0533 e. The van der Waals surface area contributed by atoms with Crippen molar-refractivity contribution in [3.8, 4) is 0 Å². The van der Waals surface area contributed by atoms with Gasteiger partial charge < -0.3 is 0 Å². The Labute approximate surface area is 45.7 Å². The summed E-state index contributed by atoms with van der Waals surface area (Å²) in [5, 5.41) is 0. The molecule has 1 saturated carbocycles. The molecule has 1 aliphatic rings. The minimum atomic E-state index is 0. The van der Waals surface area contributed by atoms with Crippen LogP contribution in [0, 0.1) is 0 Å². The van der Waals surface area contributed by atoms with Crippen LogP contribution in [0.2, 0.25) is 0 Å². The number of hydrogen-bond acceptors (Lipinski definition) is 0. The molecule has 1 heteroatoms. The summed E-state index contributed by atoms with van der Waals surface area (Å²) in [4.78, 5) is 0. The second-order valence-electron chi connectivity index (χ2n) is 1.41. The van der Waals surface area contributed by atoms with Gasteiger partial charge in [-0.15, -0.1) is 0 Å². The molecule has 1 aliphatic carbocycles. The van der Waals surface area contributed by atoms with Gasteiger partial charge in [0, 0.05) is 19.5 Å². The molecule has 0 radical (unpaired) electrons. The summed E-state index contributed by atoms with van der Waals surface area (Å²) in [6.07, 6.45) is 6.00. The van der Waals surface area contributed by atoms with Crippen LogP contribution in [0.5, 0.6) is 0 Å². The fraction of sp³-hybridized carbons (Fsp3) is 1.00. The molecule has 0 saturated heterocycles. The zero-order chi connectivity index (χ0) is 2.83. The smallest absolute Gasteiger partial charge is 0 e. The molecule has 0 spiro atoms. The fourth-order valence-electron chi connectivity index (χ4n) is 0.250. The first kappa shape index (κ1) is 5.62. The van der Waals surface area contributed by atoms with E-state index in [4.69, 9.17) is 0 Å². The first-order valence-corrected chi connectivity index (χ1v) is 2.00. The van der Waals surface area contributed by atoms with Gasteiger partial charge in [0.2, 0.25) is 0 Å². The van der Waals surface area contributed by atoms with Crippen LogP contribution in [-0.2, 0) is 19.5 Å². The first-order chi connectivity index (χ1) is 2.00. The molecule has 1 fully saturated rings. The van der Waals surface area contributed by atoms with Gasteiger partial charge in [-0.1, -0.05) is 25.7 Å². The first-order valence-electron chi connectivity index (χ1n) is 2.00. The zero-order valence-electron chi connectivity index (χ0n) is 3.18. The normalized spacial score (nSPS) is 19.2. The molecule has 0 aromatic heterocycles. The molecule has 32 valence electrons. The Bertz CT molecular complexity index is 11.6. The Morgan fingerprint density at radius 3 is 0.800 bits per heavy atom. The van der Waals surface area contributed by atoms with Crippen LogP contribution in [0.3, 0.4) is 0 Å². The minimum absolute atomic E-state index is 0. The maximum atomic E-state index is 1.50. The Morgan fingerprint density at radius 1 is 0.600 bits per heavy atom. The predicted octanol–water partition coefficient (Wildman–Crippen LogP) is 1.56. The van der Waals surface area contributed by atoms with E-state index in [2.05, 4.69) is 0 Å². The molecule has 5 heavy (non-hydrogen) atoms. The van der Waals surface area contributed by atoms with Gasteiger partial charge in [0.05, 0.1) is 0 Å². The second-order valence-corrected chi connectivity index (χ2v) is 1.41. The quantitative estimate of drug-likeness (QED) is 0.468. The Kier molecular flexibility index (Phi) is 3.19. The molecule has 0 heterocycles. The van der Waals surface area contributed by atoms with Crippen LogP contribution < -0.4 is 0 Å². The Morgan fingerprint density at radius 2 is 0.800 bits per heavy atom. The third kappa shape index (κ3) is 1.49. The maximum Gasteiger partial charge on any atom is 0 e. The Hall–Kier alpha value is 0.623. The second kappa shape index (κ2) is 2.84. The molecule has 0 bridgehead atoms. The van der Waals surface area contributed by atoms with Crippen molar-refractivity contribution < 1.29 is 19.5 Å². The molecule has 0 aromatic rings. The van der Waals surface area contributed by atoms with Gasteiger partial charge in [0.15, 0.2) is 0 Å². The summed E-state index contributed by atoms with van der Waals surface area (Å²) in [6, 6.07) is 0. The molecular weight excluding hydrogens is 149 g/mol. The van der Waals surface area contributed by atoms with Crippen molar-refractivity contribution in [3.05, 3.63) is 0 Å². The van der Waals surface area contributed by atoms with Crippen molar-refractivity contribution in [2.45, 2.75) is 25.7 Å². The molecule has 0 atom stereocenters.